The third kappa shape index (κ3) is 3.76. The summed E-state index contributed by atoms with van der Waals surface area (Å²) < 4.78 is 27.9. The molecule has 12 nitrogen and oxygen atoms in total. The van der Waals surface area contributed by atoms with Gasteiger partial charge in [-0.05, 0) is 0 Å². The largest absolute Gasteiger partial charge is 0.469 e. The molecule has 3 rings (SSSR count). The third-order valence-electron chi connectivity index (χ3n) is 3.77. The van der Waals surface area contributed by atoms with Gasteiger partial charge in [0.15, 0.2) is 17.4 Å². The molecule has 0 unspecified atom stereocenters. The molecule has 0 spiro atoms. The fourth-order valence-corrected chi connectivity index (χ4v) is 3.00. The maximum Gasteiger partial charge on any atom is 0.469 e. The van der Waals surface area contributed by atoms with Gasteiger partial charge in [-0.3, -0.25) is 13.9 Å². The second-order valence-electron chi connectivity index (χ2n) is 5.48. The number of aromatic amines is 1. The summed E-state index contributed by atoms with van der Waals surface area (Å²) in [5.74, 6) is 0. The van der Waals surface area contributed by atoms with Crippen molar-refractivity contribution in [2.24, 2.45) is 0 Å². The molecule has 13 heteroatoms. The number of aliphatic hydroxyl groups is 1. The molecule has 4 N–H and O–H groups in total. The number of hydrogen-bond donors (Lipinski definition) is 4. The Morgan fingerprint density at radius 1 is 1.46 bits per heavy atom. The highest BCUT2D eigenvalue weighted by Gasteiger charge is 2.46. The molecule has 26 heavy (non-hydrogen) atoms. The monoisotopic (exact) mass is 388 g/mol. The van der Waals surface area contributed by atoms with E-state index in [2.05, 4.69) is 26.1 Å². The van der Waals surface area contributed by atoms with Crippen molar-refractivity contribution in [2.75, 3.05) is 13.2 Å². The van der Waals surface area contributed by atoms with Crippen LogP contribution in [-0.4, -0.2) is 65.9 Å². The third-order valence-corrected chi connectivity index (χ3v) is 4.25. The van der Waals surface area contributed by atoms with Crippen LogP contribution in [0.15, 0.2) is 30.1 Å². The number of nitrogens with one attached hydrogen (secondary N) is 1. The van der Waals surface area contributed by atoms with Crippen molar-refractivity contribution in [1.82, 2.24) is 19.5 Å². The van der Waals surface area contributed by atoms with E-state index >= 15 is 0 Å². The summed E-state index contributed by atoms with van der Waals surface area (Å²) in [6.07, 6.45) is -0.249. The number of imidazole rings is 1. The summed E-state index contributed by atoms with van der Waals surface area (Å²) in [4.78, 5) is 39.9. The Bertz CT molecular complexity index is 892. The van der Waals surface area contributed by atoms with E-state index in [1.54, 1.807) is 0 Å². The van der Waals surface area contributed by atoms with E-state index < -0.39 is 44.5 Å². The van der Waals surface area contributed by atoms with Gasteiger partial charge in [0.1, 0.15) is 18.3 Å². The number of H-pyrrole nitrogens is 1. The van der Waals surface area contributed by atoms with Crippen LogP contribution in [0.5, 0.6) is 0 Å². The highest BCUT2D eigenvalue weighted by molar-refractivity contribution is 7.46. The number of fused-ring (bicyclic) bond motifs is 1. The number of ether oxygens (including phenoxy) is 2. The number of rotatable bonds is 7. The molecule has 1 aliphatic rings. The Balaban J connectivity index is 1.91. The minimum absolute atomic E-state index is 0.0722. The minimum Gasteiger partial charge on any atom is -0.387 e. The molecule has 1 aliphatic heterocycles. The summed E-state index contributed by atoms with van der Waals surface area (Å²) in [6.45, 7) is 3.06. The first-order chi connectivity index (χ1) is 12.3. The Labute approximate surface area is 146 Å². The van der Waals surface area contributed by atoms with Gasteiger partial charge >= 0.3 is 7.82 Å². The SMILES string of the molecule is C=CCO[C@@H]1[C@H](O)[C@@H](COP(=O)(O)O)O[C@H]1n1cnc2c(=O)[nH]cnc21. The number of hydrogen-bond acceptors (Lipinski definition) is 8. The van der Waals surface area contributed by atoms with Crippen molar-refractivity contribution in [3.05, 3.63) is 35.7 Å². The Kier molecular flexibility index (Phi) is 5.34. The first kappa shape index (κ1) is 18.9. The number of phosphoric acid groups is 1. The van der Waals surface area contributed by atoms with E-state index in [4.69, 9.17) is 19.3 Å². The van der Waals surface area contributed by atoms with Gasteiger partial charge in [-0.2, -0.15) is 0 Å². The fourth-order valence-electron chi connectivity index (χ4n) is 2.66. The van der Waals surface area contributed by atoms with Crippen LogP contribution in [0.1, 0.15) is 6.23 Å². The topological polar surface area (TPSA) is 169 Å². The molecule has 0 aliphatic carbocycles. The second kappa shape index (κ2) is 7.37. The van der Waals surface area contributed by atoms with Gasteiger partial charge in [0, 0.05) is 0 Å². The van der Waals surface area contributed by atoms with E-state index in [9.17, 15) is 14.5 Å². The first-order valence-corrected chi connectivity index (χ1v) is 9.01. The summed E-state index contributed by atoms with van der Waals surface area (Å²) in [5.41, 5.74) is -0.171. The number of nitrogens with zero attached hydrogens (tertiary/aromatic N) is 3. The molecule has 0 saturated carbocycles. The van der Waals surface area contributed by atoms with Crippen LogP contribution >= 0.6 is 7.82 Å². The number of aliphatic hydroxyl groups excluding tert-OH is 1. The van der Waals surface area contributed by atoms with Gasteiger partial charge in [-0.15, -0.1) is 6.58 Å². The summed E-state index contributed by atoms with van der Waals surface area (Å²) >= 11 is 0. The lowest BCUT2D eigenvalue weighted by molar-refractivity contribution is -0.0641. The normalized spacial score (nSPS) is 26.4. The van der Waals surface area contributed by atoms with Gasteiger partial charge in [0.25, 0.3) is 5.56 Å². The van der Waals surface area contributed by atoms with Gasteiger partial charge in [-0.25, -0.2) is 14.5 Å². The van der Waals surface area contributed by atoms with Gasteiger partial charge in [0.2, 0.25) is 0 Å². The van der Waals surface area contributed by atoms with Crippen LogP contribution < -0.4 is 5.56 Å². The van der Waals surface area contributed by atoms with Gasteiger partial charge < -0.3 is 29.4 Å². The Hall–Kier alpha value is -1.92. The highest BCUT2D eigenvalue weighted by Crippen LogP contribution is 2.39. The zero-order chi connectivity index (χ0) is 18.9. The van der Waals surface area contributed by atoms with Crippen molar-refractivity contribution in [3.8, 4) is 0 Å². The van der Waals surface area contributed by atoms with Crippen molar-refractivity contribution in [3.63, 3.8) is 0 Å². The van der Waals surface area contributed by atoms with Crippen LogP contribution in [0.2, 0.25) is 0 Å². The van der Waals surface area contributed by atoms with Crippen molar-refractivity contribution < 1.29 is 33.5 Å². The van der Waals surface area contributed by atoms with Crippen LogP contribution in [0, 0.1) is 0 Å². The molecule has 2 aromatic rings. The predicted octanol–water partition coefficient (Wildman–Crippen LogP) is -0.942. The van der Waals surface area contributed by atoms with Crippen LogP contribution in [0.25, 0.3) is 11.2 Å². The molecule has 1 fully saturated rings. The highest BCUT2D eigenvalue weighted by atomic mass is 31.2. The molecule has 3 heterocycles. The number of phosphoric ester groups is 1. The standard InChI is InChI=1S/C13H17N4O8P/c1-2-3-23-10-9(18)7(4-24-26(20,21)22)25-13(10)17-6-16-8-11(17)14-5-15-12(8)19/h2,5-7,9-10,13,18H,1,3-4H2,(H,14,15,19)(H2,20,21,22)/t7-,9-,10-,13-/m1/s1. The van der Waals surface area contributed by atoms with Gasteiger partial charge in [0.05, 0.1) is 25.9 Å². The quantitative estimate of drug-likeness (QED) is 0.343. The van der Waals surface area contributed by atoms with E-state index in [0.717, 1.165) is 0 Å². The van der Waals surface area contributed by atoms with E-state index in [-0.39, 0.29) is 17.8 Å². The molecule has 0 radical (unpaired) electrons. The molecular weight excluding hydrogens is 371 g/mol. The van der Waals surface area contributed by atoms with E-state index in [0.29, 0.717) is 0 Å². The second-order valence-corrected chi connectivity index (χ2v) is 6.72. The molecular formula is C13H17N4O8P. The smallest absolute Gasteiger partial charge is 0.387 e. The predicted molar refractivity (Wildman–Crippen MR) is 86.0 cm³/mol. The van der Waals surface area contributed by atoms with Crippen molar-refractivity contribution >= 4 is 19.0 Å². The van der Waals surface area contributed by atoms with E-state index in [1.807, 2.05) is 0 Å². The molecule has 1 saturated heterocycles. The lowest BCUT2D eigenvalue weighted by Crippen LogP contribution is -2.36. The molecule has 0 aromatic carbocycles. The van der Waals surface area contributed by atoms with Crippen LogP contribution in [-0.2, 0) is 18.6 Å². The lowest BCUT2D eigenvalue weighted by Gasteiger charge is -2.21. The maximum absolute atomic E-state index is 11.8. The molecule has 2 aromatic heterocycles. The van der Waals surface area contributed by atoms with E-state index in [1.165, 1.54) is 23.3 Å². The first-order valence-electron chi connectivity index (χ1n) is 7.48. The lowest BCUT2D eigenvalue weighted by atomic mass is 10.1. The average Bonchev–Trinajstić information content (AvgIpc) is 3.13. The molecule has 4 atom stereocenters. The van der Waals surface area contributed by atoms with Crippen molar-refractivity contribution in [1.29, 1.82) is 0 Å². The number of aromatic nitrogens is 4. The zero-order valence-electron chi connectivity index (χ0n) is 13.3. The minimum atomic E-state index is -4.74. The van der Waals surface area contributed by atoms with Crippen molar-refractivity contribution in [2.45, 2.75) is 24.5 Å². The van der Waals surface area contributed by atoms with Gasteiger partial charge in [-0.1, -0.05) is 6.08 Å². The van der Waals surface area contributed by atoms with Crippen LogP contribution in [0.3, 0.4) is 0 Å². The zero-order valence-corrected chi connectivity index (χ0v) is 14.2. The average molecular weight is 388 g/mol. The molecule has 142 valence electrons. The summed E-state index contributed by atoms with van der Waals surface area (Å²) in [7, 11) is -4.74. The Morgan fingerprint density at radius 3 is 2.92 bits per heavy atom. The summed E-state index contributed by atoms with van der Waals surface area (Å²) in [5, 5.41) is 10.4. The fraction of sp³-hybridized carbons (Fsp3) is 0.462. The maximum atomic E-state index is 11.8. The molecule has 0 amide bonds. The Morgan fingerprint density at radius 2 is 2.23 bits per heavy atom. The molecule has 0 bridgehead atoms. The summed E-state index contributed by atoms with van der Waals surface area (Å²) in [6, 6.07) is 0. The van der Waals surface area contributed by atoms with Crippen LogP contribution in [0.4, 0.5) is 0 Å².